The van der Waals surface area contributed by atoms with Gasteiger partial charge in [0, 0.05) is 43.9 Å². The van der Waals surface area contributed by atoms with E-state index in [1.54, 1.807) is 10.9 Å². The lowest BCUT2D eigenvalue weighted by molar-refractivity contribution is 0.189. The van der Waals surface area contributed by atoms with E-state index in [9.17, 15) is 4.79 Å². The molecule has 0 atom stereocenters. The van der Waals surface area contributed by atoms with E-state index in [4.69, 9.17) is 9.97 Å². The summed E-state index contributed by atoms with van der Waals surface area (Å²) in [7, 11) is 1.88. The number of hydrogen-bond donors (Lipinski definition) is 2. The Bertz CT molecular complexity index is 797. The van der Waals surface area contributed by atoms with Gasteiger partial charge >= 0.3 is 6.03 Å². The van der Waals surface area contributed by atoms with E-state index in [0.29, 0.717) is 25.3 Å². The van der Waals surface area contributed by atoms with Gasteiger partial charge in [-0.2, -0.15) is 5.10 Å². The van der Waals surface area contributed by atoms with E-state index >= 15 is 0 Å². The van der Waals surface area contributed by atoms with Gasteiger partial charge in [0.2, 0.25) is 0 Å². The molecule has 0 radical (unpaired) electrons. The first-order chi connectivity index (χ1) is 12.3. The molecule has 2 aromatic heterocycles. The van der Waals surface area contributed by atoms with Crippen molar-refractivity contribution in [3.8, 4) is 11.4 Å². The summed E-state index contributed by atoms with van der Waals surface area (Å²) < 4.78 is 1.74. The third kappa shape index (κ3) is 3.95. The molecule has 1 aliphatic heterocycles. The molecule has 0 aliphatic carbocycles. The number of rotatable bonds is 4. The Balaban J connectivity index is 1.94. The summed E-state index contributed by atoms with van der Waals surface area (Å²) in [5.74, 6) is 1.46. The Morgan fingerprint density at radius 2 is 1.96 bits per heavy atom. The maximum atomic E-state index is 12.4. The van der Waals surface area contributed by atoms with Crippen molar-refractivity contribution in [1.82, 2.24) is 30.0 Å². The van der Waals surface area contributed by atoms with Crippen LogP contribution >= 0.6 is 0 Å². The quantitative estimate of drug-likeness (QED) is 0.876. The van der Waals surface area contributed by atoms with E-state index < -0.39 is 0 Å². The van der Waals surface area contributed by atoms with Crippen LogP contribution in [0.3, 0.4) is 0 Å². The van der Waals surface area contributed by atoms with Crippen molar-refractivity contribution >= 4 is 11.8 Å². The number of amides is 2. The first kappa shape index (κ1) is 18.2. The van der Waals surface area contributed by atoms with Crippen LogP contribution in [0, 0.1) is 0 Å². The number of aryl methyl sites for hydroxylation is 1. The molecule has 2 aromatic rings. The van der Waals surface area contributed by atoms with E-state index in [1.807, 2.05) is 32.0 Å². The maximum Gasteiger partial charge on any atom is 0.317 e. The van der Waals surface area contributed by atoms with Crippen molar-refractivity contribution in [2.75, 3.05) is 11.9 Å². The van der Waals surface area contributed by atoms with Gasteiger partial charge in [0.05, 0.1) is 24.0 Å². The normalized spacial score (nSPS) is 13.9. The highest BCUT2D eigenvalue weighted by Gasteiger charge is 2.26. The molecular weight excluding hydrogens is 330 g/mol. The second-order valence-corrected chi connectivity index (χ2v) is 7.30. The van der Waals surface area contributed by atoms with E-state index in [0.717, 1.165) is 22.6 Å². The van der Waals surface area contributed by atoms with Crippen molar-refractivity contribution in [2.45, 2.75) is 52.7 Å². The lowest BCUT2D eigenvalue weighted by Crippen LogP contribution is -2.45. The van der Waals surface area contributed by atoms with Gasteiger partial charge in [0.1, 0.15) is 5.82 Å². The number of aromatic nitrogens is 4. The second kappa shape index (κ2) is 7.31. The van der Waals surface area contributed by atoms with Gasteiger partial charge in [-0.05, 0) is 27.7 Å². The van der Waals surface area contributed by atoms with Crippen molar-refractivity contribution in [1.29, 1.82) is 0 Å². The van der Waals surface area contributed by atoms with Crippen LogP contribution in [-0.2, 0) is 20.0 Å². The van der Waals surface area contributed by atoms with Crippen molar-refractivity contribution < 1.29 is 4.79 Å². The third-order valence-electron chi connectivity index (χ3n) is 4.15. The average molecular weight is 357 g/mol. The largest absolute Gasteiger partial charge is 0.367 e. The fourth-order valence-corrected chi connectivity index (χ4v) is 2.98. The first-order valence-electron chi connectivity index (χ1n) is 9.04. The molecule has 140 valence electrons. The number of urea groups is 1. The minimum atomic E-state index is -0.0440. The zero-order valence-electron chi connectivity index (χ0n) is 16.1. The number of carbonyl (C=O) groups is 1. The fraction of sp³-hybridized carbons (Fsp3) is 0.556. The van der Waals surface area contributed by atoms with Crippen LogP contribution in [0.4, 0.5) is 10.6 Å². The van der Waals surface area contributed by atoms with Crippen LogP contribution in [0.15, 0.2) is 12.4 Å². The zero-order valence-corrected chi connectivity index (χ0v) is 16.1. The molecule has 1 aliphatic rings. The number of fused-ring (bicyclic) bond motifs is 1. The molecule has 2 amide bonds. The summed E-state index contributed by atoms with van der Waals surface area (Å²) in [6, 6.07) is 0.300. The Kier molecular flexibility index (Phi) is 5.11. The molecule has 8 heteroatoms. The number of anilines is 1. The van der Waals surface area contributed by atoms with Gasteiger partial charge < -0.3 is 15.5 Å². The summed E-state index contributed by atoms with van der Waals surface area (Å²) in [6.07, 6.45) is 4.39. The average Bonchev–Trinajstić information content (AvgIpc) is 2.99. The molecular formula is C18H27N7O. The topological polar surface area (TPSA) is 88.0 Å². The lowest BCUT2D eigenvalue weighted by Gasteiger charge is -2.30. The Hall–Kier alpha value is -2.64. The molecule has 3 heterocycles. The summed E-state index contributed by atoms with van der Waals surface area (Å²) in [5, 5.41) is 10.6. The molecule has 0 saturated heterocycles. The molecule has 0 bridgehead atoms. The highest BCUT2D eigenvalue weighted by molar-refractivity contribution is 5.75. The highest BCUT2D eigenvalue weighted by atomic mass is 16.2. The second-order valence-electron chi connectivity index (χ2n) is 7.30. The molecule has 0 saturated carbocycles. The first-order valence-corrected chi connectivity index (χ1v) is 9.04. The molecule has 2 N–H and O–H groups in total. The fourth-order valence-electron chi connectivity index (χ4n) is 2.98. The minimum absolute atomic E-state index is 0.0440. The molecule has 3 rings (SSSR count). The van der Waals surface area contributed by atoms with Gasteiger partial charge in [-0.1, -0.05) is 0 Å². The van der Waals surface area contributed by atoms with Crippen LogP contribution in [0.25, 0.3) is 11.4 Å². The Morgan fingerprint density at radius 1 is 1.19 bits per heavy atom. The van der Waals surface area contributed by atoms with Gasteiger partial charge in [0.15, 0.2) is 5.82 Å². The minimum Gasteiger partial charge on any atom is -0.367 e. The van der Waals surface area contributed by atoms with Gasteiger partial charge in [-0.25, -0.2) is 14.8 Å². The van der Waals surface area contributed by atoms with Crippen LogP contribution in [0.5, 0.6) is 0 Å². The number of hydrogen-bond acceptors (Lipinski definition) is 5. The standard InChI is InChI=1S/C18H27N7O/c1-11(2)20-17-14-10-25(18(26)21-12(3)4)7-6-15(14)22-16(23-17)13-8-19-24(5)9-13/h8-9,11-12H,6-7,10H2,1-5H3,(H,21,26)(H,20,22,23). The van der Waals surface area contributed by atoms with Gasteiger partial charge in [-0.15, -0.1) is 0 Å². The van der Waals surface area contributed by atoms with Gasteiger partial charge in [-0.3, -0.25) is 4.68 Å². The van der Waals surface area contributed by atoms with Crippen molar-refractivity contribution in [3.63, 3.8) is 0 Å². The predicted octanol–water partition coefficient (Wildman–Crippen LogP) is 2.17. The lowest BCUT2D eigenvalue weighted by atomic mass is 10.1. The summed E-state index contributed by atoms with van der Waals surface area (Å²) in [6.45, 7) is 9.23. The third-order valence-corrected chi connectivity index (χ3v) is 4.15. The number of nitrogens with one attached hydrogen (secondary N) is 2. The van der Waals surface area contributed by atoms with Gasteiger partial charge in [0.25, 0.3) is 0 Å². The van der Waals surface area contributed by atoms with Crippen LogP contribution in [-0.4, -0.2) is 49.3 Å². The number of nitrogens with zero attached hydrogens (tertiary/aromatic N) is 5. The molecule has 0 fully saturated rings. The van der Waals surface area contributed by atoms with Crippen LogP contribution in [0.1, 0.15) is 39.0 Å². The molecule has 0 unspecified atom stereocenters. The molecule has 26 heavy (non-hydrogen) atoms. The van der Waals surface area contributed by atoms with Crippen LogP contribution in [0.2, 0.25) is 0 Å². The van der Waals surface area contributed by atoms with Crippen LogP contribution < -0.4 is 10.6 Å². The van der Waals surface area contributed by atoms with E-state index in [-0.39, 0.29) is 18.1 Å². The molecule has 0 spiro atoms. The van der Waals surface area contributed by atoms with Crippen molar-refractivity contribution in [2.24, 2.45) is 7.05 Å². The Morgan fingerprint density at radius 3 is 2.58 bits per heavy atom. The summed E-state index contributed by atoms with van der Waals surface area (Å²) in [4.78, 5) is 23.7. The smallest absolute Gasteiger partial charge is 0.317 e. The van der Waals surface area contributed by atoms with Crippen molar-refractivity contribution in [3.05, 3.63) is 23.7 Å². The zero-order chi connectivity index (χ0) is 18.8. The van der Waals surface area contributed by atoms with E-state index in [2.05, 4.69) is 29.6 Å². The Labute approximate surface area is 154 Å². The SMILES string of the molecule is CC(C)NC(=O)N1CCc2nc(-c3cnn(C)c3)nc(NC(C)C)c2C1. The monoisotopic (exact) mass is 357 g/mol. The highest BCUT2D eigenvalue weighted by Crippen LogP contribution is 2.27. The van der Waals surface area contributed by atoms with E-state index in [1.165, 1.54) is 0 Å². The summed E-state index contributed by atoms with van der Waals surface area (Å²) in [5.41, 5.74) is 2.88. The molecule has 0 aromatic carbocycles. The predicted molar refractivity (Wildman–Crippen MR) is 101 cm³/mol. The maximum absolute atomic E-state index is 12.4. The number of carbonyl (C=O) groups excluding carboxylic acids is 1. The molecule has 8 nitrogen and oxygen atoms in total. The summed E-state index contributed by atoms with van der Waals surface area (Å²) >= 11 is 0.